The third-order valence-corrected chi connectivity index (χ3v) is 5.31. The lowest BCUT2D eigenvalue weighted by Crippen LogP contribution is -2.42. The highest BCUT2D eigenvalue weighted by Crippen LogP contribution is 2.30. The Morgan fingerprint density at radius 2 is 1.93 bits per heavy atom. The average Bonchev–Trinajstić information content (AvgIpc) is 2.69. The molecule has 2 aromatic rings. The predicted molar refractivity (Wildman–Crippen MR) is 104 cm³/mol. The van der Waals surface area contributed by atoms with Gasteiger partial charge in [0.2, 0.25) is 5.91 Å². The molecule has 4 nitrogen and oxygen atoms in total. The summed E-state index contributed by atoms with van der Waals surface area (Å²) in [6.45, 7) is 3.97. The molecular weight excluding hydrogens is 343 g/mol. The maximum absolute atomic E-state index is 13.6. The van der Waals surface area contributed by atoms with E-state index < -0.39 is 6.10 Å². The van der Waals surface area contributed by atoms with E-state index in [4.69, 9.17) is 0 Å². The number of aryl methyl sites for hydroxylation is 1. The van der Waals surface area contributed by atoms with E-state index in [1.165, 1.54) is 6.07 Å². The van der Waals surface area contributed by atoms with Crippen LogP contribution in [0.5, 0.6) is 0 Å². The molecule has 0 aliphatic carbocycles. The fourth-order valence-corrected chi connectivity index (χ4v) is 3.56. The zero-order valence-electron chi connectivity index (χ0n) is 15.7. The van der Waals surface area contributed by atoms with Crippen LogP contribution in [-0.2, 0) is 11.3 Å². The van der Waals surface area contributed by atoms with E-state index in [1.807, 2.05) is 36.4 Å². The van der Waals surface area contributed by atoms with Gasteiger partial charge in [0.25, 0.3) is 0 Å². The highest BCUT2D eigenvalue weighted by Gasteiger charge is 2.26. The van der Waals surface area contributed by atoms with Crippen LogP contribution in [0.3, 0.4) is 0 Å². The summed E-state index contributed by atoms with van der Waals surface area (Å²) < 4.78 is 13.6. The fourth-order valence-electron chi connectivity index (χ4n) is 3.56. The zero-order valence-corrected chi connectivity index (χ0v) is 15.7. The number of aliphatic hydroxyl groups excluding tert-OH is 1. The number of hydrogen-bond donors (Lipinski definition) is 2. The van der Waals surface area contributed by atoms with Crippen LogP contribution in [0.4, 0.5) is 4.39 Å². The van der Waals surface area contributed by atoms with Gasteiger partial charge in [-0.2, -0.15) is 0 Å². The van der Waals surface area contributed by atoms with Crippen LogP contribution in [-0.4, -0.2) is 35.5 Å². The van der Waals surface area contributed by atoms with Crippen LogP contribution < -0.4 is 5.32 Å². The standard InChI is InChI=1S/C22H27FN2O2/c1-16-7-8-17(13-20(16)23)14-24-21(26)15-25-11-9-19(10-12-25)22(27)18-5-3-2-4-6-18/h2-8,13,19,22,27H,9-12,14-15H2,1H3,(H,24,26)/t22-/m1/s1. The molecule has 1 fully saturated rings. The zero-order chi connectivity index (χ0) is 19.2. The smallest absolute Gasteiger partial charge is 0.234 e. The van der Waals surface area contributed by atoms with Crippen molar-refractivity contribution in [1.29, 1.82) is 0 Å². The molecule has 1 aliphatic heterocycles. The molecule has 2 N–H and O–H groups in total. The molecule has 0 saturated carbocycles. The summed E-state index contributed by atoms with van der Waals surface area (Å²) in [5.41, 5.74) is 2.32. The Kier molecular flexibility index (Phi) is 6.58. The van der Waals surface area contributed by atoms with E-state index in [0.717, 1.165) is 37.1 Å². The van der Waals surface area contributed by atoms with Gasteiger partial charge in [-0.15, -0.1) is 0 Å². The van der Waals surface area contributed by atoms with Crippen LogP contribution >= 0.6 is 0 Å². The number of benzene rings is 2. The van der Waals surface area contributed by atoms with Gasteiger partial charge in [-0.25, -0.2) is 4.39 Å². The Labute approximate surface area is 160 Å². The van der Waals surface area contributed by atoms with E-state index >= 15 is 0 Å². The molecule has 1 amide bonds. The summed E-state index contributed by atoms with van der Waals surface area (Å²) in [4.78, 5) is 14.3. The van der Waals surface area contributed by atoms with Crippen LogP contribution in [0, 0.1) is 18.7 Å². The van der Waals surface area contributed by atoms with Gasteiger partial charge in [0.05, 0.1) is 12.6 Å². The Morgan fingerprint density at radius 1 is 1.22 bits per heavy atom. The first-order chi connectivity index (χ1) is 13.0. The lowest BCUT2D eigenvalue weighted by Gasteiger charge is -2.34. The molecule has 1 atom stereocenters. The molecule has 1 heterocycles. The number of amides is 1. The predicted octanol–water partition coefficient (Wildman–Crippen LogP) is 3.20. The number of nitrogens with one attached hydrogen (secondary N) is 1. The highest BCUT2D eigenvalue weighted by atomic mass is 19.1. The number of piperidine rings is 1. The molecule has 0 unspecified atom stereocenters. The van der Waals surface area contributed by atoms with E-state index in [-0.39, 0.29) is 17.6 Å². The molecule has 5 heteroatoms. The van der Waals surface area contributed by atoms with Crippen molar-refractivity contribution >= 4 is 5.91 Å². The molecule has 0 radical (unpaired) electrons. The fraction of sp³-hybridized carbons (Fsp3) is 0.409. The van der Waals surface area contributed by atoms with E-state index in [1.54, 1.807) is 13.0 Å². The van der Waals surface area contributed by atoms with Gasteiger partial charge in [0, 0.05) is 6.54 Å². The molecule has 144 valence electrons. The van der Waals surface area contributed by atoms with Gasteiger partial charge in [-0.3, -0.25) is 9.69 Å². The van der Waals surface area contributed by atoms with Crippen molar-refractivity contribution in [3.8, 4) is 0 Å². The second-order valence-electron chi connectivity index (χ2n) is 7.33. The third-order valence-electron chi connectivity index (χ3n) is 5.31. The maximum atomic E-state index is 13.6. The normalized spacial score (nSPS) is 16.9. The van der Waals surface area contributed by atoms with Crippen molar-refractivity contribution in [1.82, 2.24) is 10.2 Å². The van der Waals surface area contributed by atoms with E-state index in [9.17, 15) is 14.3 Å². The van der Waals surface area contributed by atoms with Gasteiger partial charge in [0.1, 0.15) is 5.82 Å². The first-order valence-electron chi connectivity index (χ1n) is 9.50. The number of carbonyl (C=O) groups excluding carboxylic acids is 1. The highest BCUT2D eigenvalue weighted by molar-refractivity contribution is 5.78. The lowest BCUT2D eigenvalue weighted by atomic mass is 9.87. The summed E-state index contributed by atoms with van der Waals surface area (Å²) in [5, 5.41) is 13.4. The molecule has 1 aliphatic rings. The van der Waals surface area contributed by atoms with Crippen LogP contribution in [0.1, 0.15) is 35.6 Å². The monoisotopic (exact) mass is 370 g/mol. The molecule has 2 aromatic carbocycles. The minimum absolute atomic E-state index is 0.0574. The van der Waals surface area contributed by atoms with E-state index in [0.29, 0.717) is 18.7 Å². The molecule has 27 heavy (non-hydrogen) atoms. The minimum atomic E-state index is -0.446. The summed E-state index contributed by atoms with van der Waals surface area (Å²) in [5.74, 6) is -0.0823. The van der Waals surface area contributed by atoms with Crippen LogP contribution in [0.15, 0.2) is 48.5 Å². The SMILES string of the molecule is Cc1ccc(CNC(=O)CN2CCC([C@H](O)c3ccccc3)CC2)cc1F. The second-order valence-corrected chi connectivity index (χ2v) is 7.33. The Morgan fingerprint density at radius 3 is 2.59 bits per heavy atom. The van der Waals surface area contributed by atoms with Crippen molar-refractivity contribution in [3.63, 3.8) is 0 Å². The van der Waals surface area contributed by atoms with Crippen molar-refractivity contribution < 1.29 is 14.3 Å². The van der Waals surface area contributed by atoms with Crippen molar-refractivity contribution in [3.05, 3.63) is 71.0 Å². The Hall–Kier alpha value is -2.24. The molecular formula is C22H27FN2O2. The van der Waals surface area contributed by atoms with Crippen LogP contribution in [0.2, 0.25) is 0 Å². The minimum Gasteiger partial charge on any atom is -0.388 e. The molecule has 1 saturated heterocycles. The van der Waals surface area contributed by atoms with Gasteiger partial charge >= 0.3 is 0 Å². The summed E-state index contributed by atoms with van der Waals surface area (Å²) in [7, 11) is 0. The van der Waals surface area contributed by atoms with E-state index in [2.05, 4.69) is 10.2 Å². The number of aliphatic hydroxyl groups is 1. The van der Waals surface area contributed by atoms with Gasteiger partial charge in [-0.1, -0.05) is 42.5 Å². The van der Waals surface area contributed by atoms with Crippen LogP contribution in [0.25, 0.3) is 0 Å². The number of carbonyl (C=O) groups is 1. The summed E-state index contributed by atoms with van der Waals surface area (Å²) >= 11 is 0. The Balaban J connectivity index is 1.42. The number of rotatable bonds is 6. The third kappa shape index (κ3) is 5.37. The Bertz CT molecular complexity index is 758. The topological polar surface area (TPSA) is 52.6 Å². The van der Waals surface area contributed by atoms with Crippen molar-refractivity contribution in [2.45, 2.75) is 32.4 Å². The summed E-state index contributed by atoms with van der Waals surface area (Å²) in [6.07, 6.45) is 1.29. The lowest BCUT2D eigenvalue weighted by molar-refractivity contribution is -0.122. The largest absolute Gasteiger partial charge is 0.388 e. The molecule has 0 bridgehead atoms. The number of nitrogens with zero attached hydrogens (tertiary/aromatic N) is 1. The molecule has 0 spiro atoms. The number of hydrogen-bond acceptors (Lipinski definition) is 3. The van der Waals surface area contributed by atoms with Crippen molar-refractivity contribution in [2.24, 2.45) is 5.92 Å². The maximum Gasteiger partial charge on any atom is 0.234 e. The average molecular weight is 370 g/mol. The quantitative estimate of drug-likeness (QED) is 0.821. The molecule has 3 rings (SSSR count). The van der Waals surface area contributed by atoms with Gasteiger partial charge < -0.3 is 10.4 Å². The second kappa shape index (κ2) is 9.11. The molecule has 0 aromatic heterocycles. The van der Waals surface area contributed by atoms with Crippen molar-refractivity contribution in [2.75, 3.05) is 19.6 Å². The number of likely N-dealkylation sites (tertiary alicyclic amines) is 1. The first-order valence-corrected chi connectivity index (χ1v) is 9.50. The summed E-state index contributed by atoms with van der Waals surface area (Å²) in [6, 6.07) is 14.8. The number of halogens is 1. The van der Waals surface area contributed by atoms with Gasteiger partial charge in [-0.05, 0) is 61.5 Å². The van der Waals surface area contributed by atoms with Gasteiger partial charge in [0.15, 0.2) is 0 Å². The first kappa shape index (κ1) is 19.5.